The minimum Gasteiger partial charge on any atom is -0.493 e. The van der Waals surface area contributed by atoms with Gasteiger partial charge < -0.3 is 77.7 Å². The minimum atomic E-state index is 0.176. The van der Waals surface area contributed by atoms with Crippen molar-refractivity contribution in [2.45, 2.75) is 81.8 Å². The van der Waals surface area contributed by atoms with Gasteiger partial charge in [0, 0.05) is 55.0 Å². The fourth-order valence-corrected chi connectivity index (χ4v) is 11.2. The van der Waals surface area contributed by atoms with Crippen molar-refractivity contribution in [2.75, 3.05) is 124 Å². The molecular weight excluding hydrogens is 1090 g/mol. The number of fused-ring (bicyclic) bond motifs is 4. The number of likely N-dealkylation sites (N-methyl/N-ethyl adjacent to an activating group) is 1. The quantitative estimate of drug-likeness (QED) is 0.0771. The van der Waals surface area contributed by atoms with Gasteiger partial charge >= 0.3 is 0 Å². The maximum atomic E-state index is 5.90. The van der Waals surface area contributed by atoms with Crippen LogP contribution in [-0.2, 0) is 18.9 Å². The fraction of sp³-hybridized carbons (Fsp3) is 0.475. The number of rotatable bonds is 17. The molecule has 4 aliphatic heterocycles. The highest BCUT2D eigenvalue weighted by Crippen LogP contribution is 2.43. The summed E-state index contributed by atoms with van der Waals surface area (Å²) in [5, 5.41) is 14.1. The van der Waals surface area contributed by atoms with Gasteiger partial charge in [-0.05, 0) is 99.9 Å². The molecule has 1 saturated carbocycles. The van der Waals surface area contributed by atoms with Gasteiger partial charge in [-0.1, -0.05) is 0 Å². The van der Waals surface area contributed by atoms with E-state index in [9.17, 15) is 0 Å². The van der Waals surface area contributed by atoms with Crippen molar-refractivity contribution in [1.82, 2.24) is 39.9 Å². The van der Waals surface area contributed by atoms with E-state index in [2.05, 4.69) is 67.6 Å². The van der Waals surface area contributed by atoms with E-state index in [1.54, 1.807) is 69.5 Å². The summed E-state index contributed by atoms with van der Waals surface area (Å²) in [6.45, 7) is 6.69. The summed E-state index contributed by atoms with van der Waals surface area (Å²) in [5.74, 6) is 9.19. The maximum Gasteiger partial charge on any atom is 0.187 e. The van der Waals surface area contributed by atoms with Gasteiger partial charge in [-0.15, -0.1) is 0 Å². The van der Waals surface area contributed by atoms with Crippen molar-refractivity contribution in [3.05, 3.63) is 73.8 Å². The van der Waals surface area contributed by atoms with Gasteiger partial charge in [-0.25, -0.2) is 39.9 Å². The van der Waals surface area contributed by atoms with Crippen LogP contribution in [0.15, 0.2) is 73.8 Å². The summed E-state index contributed by atoms with van der Waals surface area (Å²) in [5.41, 5.74) is 2.99. The van der Waals surface area contributed by atoms with Crippen LogP contribution >= 0.6 is 0 Å². The molecule has 0 amide bonds. The molecule has 4 aromatic heterocycles. The first kappa shape index (κ1) is 59.8. The van der Waals surface area contributed by atoms with Crippen LogP contribution in [0.25, 0.3) is 43.6 Å². The normalized spacial score (nSPS) is 20.5. The highest BCUT2D eigenvalue weighted by Gasteiger charge is 2.41. The van der Waals surface area contributed by atoms with E-state index in [4.69, 9.17) is 56.8 Å². The highest BCUT2D eigenvalue weighted by atomic mass is 16.5. The molecule has 6 atom stereocenters. The van der Waals surface area contributed by atoms with Gasteiger partial charge in [0.1, 0.15) is 70.6 Å². The molecule has 452 valence electrons. The van der Waals surface area contributed by atoms with Crippen molar-refractivity contribution in [3.63, 3.8) is 0 Å². The molecule has 0 spiro atoms. The van der Waals surface area contributed by atoms with Crippen LogP contribution in [0.3, 0.4) is 0 Å². The molecule has 3 N–H and O–H groups in total. The second-order valence-electron chi connectivity index (χ2n) is 20.8. The molecule has 4 aromatic carbocycles. The first-order valence-corrected chi connectivity index (χ1v) is 28.5. The van der Waals surface area contributed by atoms with Crippen molar-refractivity contribution < 1.29 is 56.8 Å². The lowest BCUT2D eigenvalue weighted by atomic mass is 10.1. The standard InChI is InChI=1S/C17H21N3O3.2C15H19N3O3.C14H17N3O3/c1-21-13-6-5-11-14(16(13)22-2)18-9-19-17(11)20-12-7-8-23-15(12)10-3-4-10;1-18(10-6-7-21-8-10)15-11-4-5-12(19-2)14(20-3)13(11)16-9-17-15;1-9-11(6-7-21-9)18-15-10-4-5-12(19-2)14(20-3)13(10)16-8-17-15;1-18-11-4-3-10-12(13(11)19-2)15-8-16-14(10)17-9-5-6-20-7-9/h5-6,9-10,12,15H,3-4,7-8H2,1-2H3,(H,18,19,20);4-5,9-10H,6-8H2,1-3H3;4-5,8-9,11H,6-7H2,1-3H3,(H,16,17,18);3-4,8-9H,5-7H2,1-2H3,(H,15,16,17). The number of nitrogens with zero attached hydrogens (tertiary/aromatic N) is 9. The van der Waals surface area contributed by atoms with Gasteiger partial charge in [0.05, 0.1) is 106 Å². The highest BCUT2D eigenvalue weighted by molar-refractivity contribution is 5.97. The zero-order valence-corrected chi connectivity index (χ0v) is 49.9. The third kappa shape index (κ3) is 13.2. The molecule has 5 aliphatic rings. The second-order valence-corrected chi connectivity index (χ2v) is 20.8. The van der Waals surface area contributed by atoms with E-state index in [0.29, 0.717) is 82.8 Å². The first-order chi connectivity index (χ1) is 41.6. The molecule has 1 aliphatic carbocycles. The van der Waals surface area contributed by atoms with Gasteiger partial charge in [-0.3, -0.25) is 0 Å². The monoisotopic (exact) mass is 1170 g/mol. The van der Waals surface area contributed by atoms with Crippen molar-refractivity contribution in [3.8, 4) is 46.0 Å². The SMILES string of the molecule is COc1ccc2c(N(C)C3CCOC3)ncnc2c1OC.COc1ccc2c(NC3CCOC3)ncnc2c1OC.COc1ccc2c(NC3CCOC3C)ncnc2c1OC.COc1ccc2c(NC3CCOC3C3CC3)ncnc2c1OC. The molecule has 0 radical (unpaired) electrons. The molecule has 0 bridgehead atoms. The lowest BCUT2D eigenvalue weighted by Gasteiger charge is -2.25. The largest absolute Gasteiger partial charge is 0.493 e. The summed E-state index contributed by atoms with van der Waals surface area (Å²) in [6.07, 6.45) is 13.2. The topological polar surface area (TPSA) is 253 Å². The summed E-state index contributed by atoms with van der Waals surface area (Å²) in [4.78, 5) is 37.1. The number of nitrogens with one attached hydrogen (secondary N) is 3. The average molecular weight is 1170 g/mol. The molecule has 4 saturated heterocycles. The van der Waals surface area contributed by atoms with Crippen LogP contribution in [-0.4, -0.2) is 180 Å². The van der Waals surface area contributed by atoms with Crippen LogP contribution in [0, 0.1) is 5.92 Å². The number of anilines is 4. The van der Waals surface area contributed by atoms with E-state index in [-0.39, 0.29) is 12.1 Å². The summed E-state index contributed by atoms with van der Waals surface area (Å²) >= 11 is 0. The Labute approximate surface area is 493 Å². The van der Waals surface area contributed by atoms with E-state index in [0.717, 1.165) is 126 Å². The van der Waals surface area contributed by atoms with E-state index >= 15 is 0 Å². The fourth-order valence-electron chi connectivity index (χ4n) is 11.2. The third-order valence-corrected chi connectivity index (χ3v) is 15.9. The van der Waals surface area contributed by atoms with Gasteiger partial charge in [0.15, 0.2) is 46.0 Å². The molecule has 8 aromatic rings. The van der Waals surface area contributed by atoms with Crippen LogP contribution < -0.4 is 58.7 Å². The zero-order valence-electron chi connectivity index (χ0n) is 49.9. The smallest absolute Gasteiger partial charge is 0.187 e. The van der Waals surface area contributed by atoms with Gasteiger partial charge in [-0.2, -0.15) is 0 Å². The summed E-state index contributed by atoms with van der Waals surface area (Å²) in [7, 11) is 15.0. The minimum absolute atomic E-state index is 0.176. The Kier molecular flexibility index (Phi) is 19.7. The van der Waals surface area contributed by atoms with Crippen LogP contribution in [0.4, 0.5) is 23.3 Å². The molecule has 5 fully saturated rings. The van der Waals surface area contributed by atoms with Crippen molar-refractivity contribution in [2.24, 2.45) is 5.92 Å². The average Bonchev–Trinajstić information content (AvgIpc) is 3.31. The molecule has 13 rings (SSSR count). The Morgan fingerprint density at radius 3 is 1.27 bits per heavy atom. The Morgan fingerprint density at radius 2 is 0.847 bits per heavy atom. The van der Waals surface area contributed by atoms with Crippen molar-refractivity contribution >= 4 is 66.9 Å². The van der Waals surface area contributed by atoms with Gasteiger partial charge in [0.25, 0.3) is 0 Å². The predicted molar refractivity (Wildman–Crippen MR) is 323 cm³/mol. The van der Waals surface area contributed by atoms with Crippen LogP contribution in [0.5, 0.6) is 46.0 Å². The number of hydrogen-bond acceptors (Lipinski definition) is 24. The Morgan fingerprint density at radius 1 is 0.424 bits per heavy atom. The Hall–Kier alpha value is -8.32. The maximum absolute atomic E-state index is 5.90. The van der Waals surface area contributed by atoms with Crippen LogP contribution in [0.1, 0.15) is 45.4 Å². The predicted octanol–water partition coefficient (Wildman–Crippen LogP) is 8.58. The number of hydrogen-bond donors (Lipinski definition) is 3. The molecule has 24 nitrogen and oxygen atoms in total. The molecule has 8 heterocycles. The Balaban J connectivity index is 0.000000126. The van der Waals surface area contributed by atoms with E-state index in [1.165, 1.54) is 25.5 Å². The zero-order chi connectivity index (χ0) is 59.4. The van der Waals surface area contributed by atoms with Crippen LogP contribution in [0.2, 0.25) is 0 Å². The number of benzene rings is 4. The summed E-state index contributed by atoms with van der Waals surface area (Å²) in [6, 6.07) is 16.5. The van der Waals surface area contributed by atoms with E-state index < -0.39 is 0 Å². The van der Waals surface area contributed by atoms with Crippen molar-refractivity contribution in [1.29, 1.82) is 0 Å². The third-order valence-electron chi connectivity index (χ3n) is 15.9. The summed E-state index contributed by atoms with van der Waals surface area (Å²) < 4.78 is 65.4. The second kappa shape index (κ2) is 28.0. The number of methoxy groups -OCH3 is 8. The molecular formula is C61H76N12O12. The molecule has 24 heteroatoms. The molecule has 6 unspecified atom stereocenters. The lowest BCUT2D eigenvalue weighted by molar-refractivity contribution is 0.0898. The number of aromatic nitrogens is 8. The van der Waals surface area contributed by atoms with Gasteiger partial charge in [0.2, 0.25) is 0 Å². The Bertz CT molecular complexity index is 3540. The van der Waals surface area contributed by atoms with E-state index in [1.807, 2.05) is 55.6 Å². The molecule has 85 heavy (non-hydrogen) atoms. The number of ether oxygens (including phenoxy) is 12. The lowest BCUT2D eigenvalue weighted by Crippen LogP contribution is -2.32. The first-order valence-electron chi connectivity index (χ1n) is 28.5.